The number of benzene rings is 5. The lowest BCUT2D eigenvalue weighted by Gasteiger charge is -2.14. The van der Waals surface area contributed by atoms with Crippen molar-refractivity contribution < 1.29 is 4.79 Å². The standard InChI is InChI=1S/C21H11O/c22-12-14-10-11-19-17-8-2-5-13-4-1-7-16(20(13)17)18-9-3-6-15(14)21(18)19/h1-11H. The van der Waals surface area contributed by atoms with Gasteiger partial charge in [0.05, 0.1) is 0 Å². The average Bonchev–Trinajstić information content (AvgIpc) is 2.59. The van der Waals surface area contributed by atoms with Crippen molar-refractivity contribution in [2.75, 3.05) is 0 Å². The Morgan fingerprint density at radius 2 is 1.09 bits per heavy atom. The molecule has 0 saturated carbocycles. The zero-order valence-electron chi connectivity index (χ0n) is 11.8. The van der Waals surface area contributed by atoms with Crippen molar-refractivity contribution in [2.45, 2.75) is 0 Å². The second-order valence-corrected chi connectivity index (χ2v) is 5.70. The number of fused-ring (bicyclic) bond motifs is 2. The molecule has 22 heavy (non-hydrogen) atoms. The Morgan fingerprint density at radius 1 is 0.545 bits per heavy atom. The molecule has 1 heteroatoms. The molecule has 0 aliphatic rings. The van der Waals surface area contributed by atoms with Crippen LogP contribution in [0.15, 0.2) is 66.7 Å². The summed E-state index contributed by atoms with van der Waals surface area (Å²) in [5, 5.41) is 9.59. The highest BCUT2D eigenvalue weighted by Crippen LogP contribution is 2.40. The molecular formula is C21H11O. The second kappa shape index (κ2) is 4.05. The van der Waals surface area contributed by atoms with Crippen LogP contribution in [0.4, 0.5) is 0 Å². The van der Waals surface area contributed by atoms with E-state index in [9.17, 15) is 4.79 Å². The molecule has 0 N–H and O–H groups in total. The van der Waals surface area contributed by atoms with Crippen molar-refractivity contribution >= 4 is 49.4 Å². The summed E-state index contributed by atoms with van der Waals surface area (Å²) in [5.41, 5.74) is 0.632. The molecule has 0 fully saturated rings. The lowest BCUT2D eigenvalue weighted by molar-refractivity contribution is 0.563. The third-order valence-electron chi connectivity index (χ3n) is 4.64. The molecule has 0 saturated heterocycles. The first kappa shape index (κ1) is 11.7. The van der Waals surface area contributed by atoms with Crippen LogP contribution in [-0.4, -0.2) is 6.29 Å². The first-order valence-electron chi connectivity index (χ1n) is 7.35. The zero-order valence-corrected chi connectivity index (χ0v) is 11.8. The molecule has 0 aliphatic carbocycles. The van der Waals surface area contributed by atoms with Crippen LogP contribution in [0.1, 0.15) is 5.56 Å². The van der Waals surface area contributed by atoms with Gasteiger partial charge in [0.15, 0.2) is 0 Å². The number of rotatable bonds is 1. The van der Waals surface area contributed by atoms with E-state index in [4.69, 9.17) is 0 Å². The molecule has 5 aromatic rings. The smallest absolute Gasteiger partial charge is 0.234 e. The van der Waals surface area contributed by atoms with Gasteiger partial charge in [0, 0.05) is 5.56 Å². The maximum atomic E-state index is 11.3. The number of carbonyl (C=O) groups excluding carboxylic acids is 1. The fourth-order valence-electron chi connectivity index (χ4n) is 3.73. The van der Waals surface area contributed by atoms with Crippen molar-refractivity contribution in [2.24, 2.45) is 0 Å². The van der Waals surface area contributed by atoms with E-state index in [1.807, 2.05) is 18.2 Å². The van der Waals surface area contributed by atoms with Gasteiger partial charge in [-0.3, -0.25) is 4.79 Å². The average molecular weight is 279 g/mol. The maximum Gasteiger partial charge on any atom is 0.234 e. The number of hydrogen-bond acceptors (Lipinski definition) is 1. The van der Waals surface area contributed by atoms with Gasteiger partial charge in [-0.25, -0.2) is 0 Å². The Hall–Kier alpha value is -2.93. The summed E-state index contributed by atoms with van der Waals surface area (Å²) >= 11 is 0. The molecule has 0 heterocycles. The van der Waals surface area contributed by atoms with Crippen molar-refractivity contribution in [3.8, 4) is 0 Å². The van der Waals surface area contributed by atoms with E-state index in [0.29, 0.717) is 5.56 Å². The molecule has 0 unspecified atom stereocenters. The summed E-state index contributed by atoms with van der Waals surface area (Å²) < 4.78 is 0. The zero-order chi connectivity index (χ0) is 14.7. The monoisotopic (exact) mass is 279 g/mol. The van der Waals surface area contributed by atoms with Crippen LogP contribution in [0.3, 0.4) is 0 Å². The highest BCUT2D eigenvalue weighted by Gasteiger charge is 2.13. The van der Waals surface area contributed by atoms with Crippen LogP contribution >= 0.6 is 0 Å². The summed E-state index contributed by atoms with van der Waals surface area (Å²) in [4.78, 5) is 11.3. The minimum absolute atomic E-state index is 0.632. The number of hydrogen-bond donors (Lipinski definition) is 0. The predicted octanol–water partition coefficient (Wildman–Crippen LogP) is 5.20. The maximum absolute atomic E-state index is 11.3. The Kier molecular flexibility index (Phi) is 2.15. The van der Waals surface area contributed by atoms with E-state index in [2.05, 4.69) is 54.8 Å². The summed E-state index contributed by atoms with van der Waals surface area (Å²) in [6, 6.07) is 22.9. The minimum atomic E-state index is 0.632. The Morgan fingerprint density at radius 3 is 1.77 bits per heavy atom. The molecular weight excluding hydrogens is 268 g/mol. The topological polar surface area (TPSA) is 17.1 Å². The van der Waals surface area contributed by atoms with Gasteiger partial charge in [-0.05, 0) is 49.2 Å². The van der Waals surface area contributed by atoms with Crippen LogP contribution in [0.5, 0.6) is 0 Å². The van der Waals surface area contributed by atoms with E-state index in [-0.39, 0.29) is 0 Å². The van der Waals surface area contributed by atoms with Crippen molar-refractivity contribution in [1.29, 1.82) is 0 Å². The summed E-state index contributed by atoms with van der Waals surface area (Å²) in [7, 11) is 0. The van der Waals surface area contributed by atoms with E-state index in [1.54, 1.807) is 0 Å². The van der Waals surface area contributed by atoms with Crippen LogP contribution in [-0.2, 0) is 4.79 Å². The predicted molar refractivity (Wildman–Crippen MR) is 92.4 cm³/mol. The van der Waals surface area contributed by atoms with Crippen molar-refractivity contribution in [3.63, 3.8) is 0 Å². The van der Waals surface area contributed by atoms with Gasteiger partial charge in [-0.1, -0.05) is 60.7 Å². The normalized spacial score (nSPS) is 11.8. The van der Waals surface area contributed by atoms with Crippen LogP contribution in [0.25, 0.3) is 43.1 Å². The largest absolute Gasteiger partial charge is 0.285 e. The van der Waals surface area contributed by atoms with Gasteiger partial charge < -0.3 is 0 Å². The third kappa shape index (κ3) is 1.31. The molecule has 5 rings (SSSR count). The molecule has 0 bridgehead atoms. The molecule has 0 atom stereocenters. The fourth-order valence-corrected chi connectivity index (χ4v) is 3.73. The van der Waals surface area contributed by atoms with Gasteiger partial charge in [0.2, 0.25) is 6.29 Å². The highest BCUT2D eigenvalue weighted by atomic mass is 16.1. The minimum Gasteiger partial charge on any atom is -0.285 e. The molecule has 0 spiro atoms. The Bertz CT molecular complexity index is 1130. The van der Waals surface area contributed by atoms with Gasteiger partial charge >= 0.3 is 0 Å². The van der Waals surface area contributed by atoms with Gasteiger partial charge in [0.25, 0.3) is 0 Å². The summed E-state index contributed by atoms with van der Waals surface area (Å²) in [6.07, 6.45) is 2.07. The molecule has 1 nitrogen and oxygen atoms in total. The van der Waals surface area contributed by atoms with Crippen LogP contribution < -0.4 is 0 Å². The van der Waals surface area contributed by atoms with E-state index in [1.165, 1.54) is 32.3 Å². The first-order chi connectivity index (χ1) is 10.9. The molecule has 1 radical (unpaired) electrons. The molecule has 5 aromatic carbocycles. The second-order valence-electron chi connectivity index (χ2n) is 5.70. The fraction of sp³-hybridized carbons (Fsp3) is 0. The Balaban J connectivity index is 2.25. The summed E-state index contributed by atoms with van der Waals surface area (Å²) in [5.74, 6) is 0. The van der Waals surface area contributed by atoms with E-state index < -0.39 is 0 Å². The highest BCUT2D eigenvalue weighted by molar-refractivity contribution is 6.33. The van der Waals surface area contributed by atoms with Gasteiger partial charge in [-0.2, -0.15) is 0 Å². The quantitative estimate of drug-likeness (QED) is 0.304. The molecule has 0 aromatic heterocycles. The van der Waals surface area contributed by atoms with Crippen LogP contribution in [0, 0.1) is 0 Å². The van der Waals surface area contributed by atoms with Gasteiger partial charge in [0.1, 0.15) is 0 Å². The third-order valence-corrected chi connectivity index (χ3v) is 4.64. The van der Waals surface area contributed by atoms with Crippen molar-refractivity contribution in [1.82, 2.24) is 0 Å². The first-order valence-corrected chi connectivity index (χ1v) is 7.35. The van der Waals surface area contributed by atoms with E-state index in [0.717, 1.165) is 10.8 Å². The molecule has 101 valence electrons. The molecule has 0 amide bonds. The molecule has 0 aliphatic heterocycles. The lowest BCUT2D eigenvalue weighted by Crippen LogP contribution is -1.89. The summed E-state index contributed by atoms with van der Waals surface area (Å²) in [6.45, 7) is 0. The van der Waals surface area contributed by atoms with Crippen LogP contribution in [0.2, 0.25) is 0 Å². The van der Waals surface area contributed by atoms with Crippen molar-refractivity contribution in [3.05, 3.63) is 72.3 Å². The lowest BCUT2D eigenvalue weighted by atomic mass is 9.88. The Labute approximate surface area is 127 Å². The van der Waals surface area contributed by atoms with Gasteiger partial charge in [-0.15, -0.1) is 0 Å². The van der Waals surface area contributed by atoms with E-state index >= 15 is 0 Å². The SMILES string of the molecule is O=[C]c1ccc2c3cccc4cccc(c5cccc1c52)c43.